The molecule has 0 amide bonds. The van der Waals surface area contributed by atoms with Crippen molar-refractivity contribution in [1.29, 1.82) is 0 Å². The highest BCUT2D eigenvalue weighted by molar-refractivity contribution is 7.99. The molecule has 18 heavy (non-hydrogen) atoms. The summed E-state index contributed by atoms with van der Waals surface area (Å²) in [6, 6.07) is 14.8. The molecule has 0 heterocycles. The van der Waals surface area contributed by atoms with Gasteiger partial charge in [0.25, 0.3) is 0 Å². The Kier molecular flexibility index (Phi) is 4.39. The van der Waals surface area contributed by atoms with Crippen LogP contribution in [0.3, 0.4) is 0 Å². The molecule has 0 aliphatic carbocycles. The highest BCUT2D eigenvalue weighted by atomic mass is 32.2. The second kappa shape index (κ2) is 6.03. The Morgan fingerprint density at radius 3 is 2.00 bits per heavy atom. The van der Waals surface area contributed by atoms with Crippen molar-refractivity contribution in [1.82, 2.24) is 0 Å². The van der Waals surface area contributed by atoms with Crippen LogP contribution in [-0.4, -0.2) is 0 Å². The van der Waals surface area contributed by atoms with Crippen LogP contribution < -0.4 is 5.73 Å². The average molecular weight is 261 g/mol. The van der Waals surface area contributed by atoms with Crippen LogP contribution in [0.25, 0.3) is 0 Å². The van der Waals surface area contributed by atoms with Gasteiger partial charge in [-0.3, -0.25) is 0 Å². The smallest absolute Gasteiger partial charge is 0.123 e. The van der Waals surface area contributed by atoms with Gasteiger partial charge in [-0.15, -0.1) is 0 Å². The maximum absolute atomic E-state index is 12.8. The van der Waals surface area contributed by atoms with E-state index in [0.29, 0.717) is 0 Å². The molecule has 2 aromatic carbocycles. The van der Waals surface area contributed by atoms with Crippen molar-refractivity contribution in [3.05, 3.63) is 59.9 Å². The zero-order chi connectivity index (χ0) is 13.0. The summed E-state index contributed by atoms with van der Waals surface area (Å²) >= 11 is 1.62. The predicted octanol–water partition coefficient (Wildman–Crippen LogP) is 4.39. The largest absolute Gasteiger partial charge is 0.324 e. The molecule has 0 aromatic heterocycles. The average Bonchev–Trinajstić information content (AvgIpc) is 2.41. The fourth-order valence-electron chi connectivity index (χ4n) is 1.66. The summed E-state index contributed by atoms with van der Waals surface area (Å²) in [6.07, 6.45) is 0.935. The molecule has 0 bridgehead atoms. The first-order valence-corrected chi connectivity index (χ1v) is 6.79. The Morgan fingerprint density at radius 1 is 1.00 bits per heavy atom. The quantitative estimate of drug-likeness (QED) is 0.883. The second-order valence-electron chi connectivity index (χ2n) is 4.14. The molecular formula is C15H16FNS. The number of halogens is 1. The molecule has 3 heteroatoms. The van der Waals surface area contributed by atoms with Crippen molar-refractivity contribution in [2.24, 2.45) is 5.73 Å². The van der Waals surface area contributed by atoms with Crippen LogP contribution in [0.1, 0.15) is 24.9 Å². The summed E-state index contributed by atoms with van der Waals surface area (Å²) in [5.41, 5.74) is 7.12. The van der Waals surface area contributed by atoms with Crippen molar-refractivity contribution >= 4 is 11.8 Å². The van der Waals surface area contributed by atoms with Crippen molar-refractivity contribution in [3.63, 3.8) is 0 Å². The van der Waals surface area contributed by atoms with E-state index in [1.807, 2.05) is 0 Å². The standard InChI is InChI=1S/C15H16FNS/c1-2-15(17)11-3-7-13(8-4-11)18-14-9-5-12(16)6-10-14/h3-10,15H,2,17H2,1H3/t15-/m1/s1. The summed E-state index contributed by atoms with van der Waals surface area (Å²) in [6.45, 7) is 2.08. The number of hydrogen-bond donors (Lipinski definition) is 1. The maximum Gasteiger partial charge on any atom is 0.123 e. The molecule has 0 spiro atoms. The van der Waals surface area contributed by atoms with Crippen LogP contribution in [0.4, 0.5) is 4.39 Å². The minimum Gasteiger partial charge on any atom is -0.324 e. The third-order valence-electron chi connectivity index (χ3n) is 2.80. The highest BCUT2D eigenvalue weighted by Crippen LogP contribution is 2.28. The van der Waals surface area contributed by atoms with E-state index in [2.05, 4.69) is 31.2 Å². The molecule has 94 valence electrons. The van der Waals surface area contributed by atoms with Crippen LogP contribution >= 0.6 is 11.8 Å². The normalized spacial score (nSPS) is 12.4. The molecule has 0 aliphatic heterocycles. The van der Waals surface area contributed by atoms with Gasteiger partial charge in [-0.05, 0) is 48.4 Å². The van der Waals surface area contributed by atoms with Crippen LogP contribution in [0, 0.1) is 5.82 Å². The van der Waals surface area contributed by atoms with Gasteiger partial charge < -0.3 is 5.73 Å². The first kappa shape index (κ1) is 13.1. The van der Waals surface area contributed by atoms with Gasteiger partial charge in [0.1, 0.15) is 5.82 Å². The Labute approximate surface area is 111 Å². The van der Waals surface area contributed by atoms with E-state index in [1.165, 1.54) is 12.1 Å². The summed E-state index contributed by atoms with van der Waals surface area (Å²) in [5.74, 6) is -0.205. The third-order valence-corrected chi connectivity index (χ3v) is 3.81. The number of benzene rings is 2. The molecule has 0 fully saturated rings. The summed E-state index contributed by atoms with van der Waals surface area (Å²) in [4.78, 5) is 2.16. The molecule has 2 aromatic rings. The van der Waals surface area contributed by atoms with Crippen LogP contribution in [0.2, 0.25) is 0 Å². The first-order valence-electron chi connectivity index (χ1n) is 5.98. The highest BCUT2D eigenvalue weighted by Gasteiger charge is 2.03. The van der Waals surface area contributed by atoms with Gasteiger partial charge in [-0.1, -0.05) is 30.8 Å². The summed E-state index contributed by atoms with van der Waals surface area (Å²) in [5, 5.41) is 0. The van der Waals surface area contributed by atoms with E-state index < -0.39 is 0 Å². The van der Waals surface area contributed by atoms with E-state index in [9.17, 15) is 4.39 Å². The fraction of sp³-hybridized carbons (Fsp3) is 0.200. The van der Waals surface area contributed by atoms with Gasteiger partial charge in [0.2, 0.25) is 0 Å². The van der Waals surface area contributed by atoms with Crippen LogP contribution in [0.15, 0.2) is 58.3 Å². The molecular weight excluding hydrogens is 245 g/mol. The van der Waals surface area contributed by atoms with E-state index in [4.69, 9.17) is 5.73 Å². The Morgan fingerprint density at radius 2 is 1.50 bits per heavy atom. The zero-order valence-electron chi connectivity index (χ0n) is 10.3. The number of nitrogens with two attached hydrogens (primary N) is 1. The number of hydrogen-bond acceptors (Lipinski definition) is 2. The van der Waals surface area contributed by atoms with Gasteiger partial charge in [0.15, 0.2) is 0 Å². The minimum absolute atomic E-state index is 0.106. The molecule has 0 unspecified atom stereocenters. The van der Waals surface area contributed by atoms with Crippen LogP contribution in [0.5, 0.6) is 0 Å². The van der Waals surface area contributed by atoms with Gasteiger partial charge in [0.05, 0.1) is 0 Å². The van der Waals surface area contributed by atoms with Crippen molar-refractivity contribution in [2.45, 2.75) is 29.2 Å². The lowest BCUT2D eigenvalue weighted by atomic mass is 10.1. The van der Waals surface area contributed by atoms with Gasteiger partial charge in [0, 0.05) is 15.8 Å². The minimum atomic E-state index is -0.205. The topological polar surface area (TPSA) is 26.0 Å². The van der Waals surface area contributed by atoms with E-state index >= 15 is 0 Å². The SMILES string of the molecule is CC[C@@H](N)c1ccc(Sc2ccc(F)cc2)cc1. The Balaban J connectivity index is 2.08. The molecule has 0 radical (unpaired) electrons. The lowest BCUT2D eigenvalue weighted by Gasteiger charge is -2.09. The zero-order valence-corrected chi connectivity index (χ0v) is 11.1. The molecule has 2 rings (SSSR count). The molecule has 0 aliphatic rings. The van der Waals surface area contributed by atoms with E-state index in [-0.39, 0.29) is 11.9 Å². The van der Waals surface area contributed by atoms with Crippen LogP contribution in [-0.2, 0) is 0 Å². The molecule has 0 saturated carbocycles. The third kappa shape index (κ3) is 3.34. The molecule has 0 saturated heterocycles. The lowest BCUT2D eigenvalue weighted by Crippen LogP contribution is -2.07. The van der Waals surface area contributed by atoms with Crippen molar-refractivity contribution < 1.29 is 4.39 Å². The van der Waals surface area contributed by atoms with Gasteiger partial charge in [-0.2, -0.15) is 0 Å². The predicted molar refractivity (Wildman–Crippen MR) is 74.2 cm³/mol. The Hall–Kier alpha value is -1.32. The molecule has 1 nitrogen and oxygen atoms in total. The maximum atomic E-state index is 12.8. The monoisotopic (exact) mass is 261 g/mol. The summed E-state index contributed by atoms with van der Waals surface area (Å²) in [7, 11) is 0. The second-order valence-corrected chi connectivity index (χ2v) is 5.29. The Bertz CT molecular complexity index is 493. The summed E-state index contributed by atoms with van der Waals surface area (Å²) < 4.78 is 12.8. The van der Waals surface area contributed by atoms with Crippen molar-refractivity contribution in [2.75, 3.05) is 0 Å². The van der Waals surface area contributed by atoms with E-state index in [0.717, 1.165) is 21.8 Å². The van der Waals surface area contributed by atoms with E-state index in [1.54, 1.807) is 23.9 Å². The fourth-order valence-corrected chi connectivity index (χ4v) is 2.47. The van der Waals surface area contributed by atoms with Gasteiger partial charge >= 0.3 is 0 Å². The molecule has 1 atom stereocenters. The molecule has 2 N–H and O–H groups in total. The first-order chi connectivity index (χ1) is 8.69. The van der Waals surface area contributed by atoms with Gasteiger partial charge in [-0.25, -0.2) is 4.39 Å². The number of rotatable bonds is 4. The lowest BCUT2D eigenvalue weighted by molar-refractivity contribution is 0.626. The van der Waals surface area contributed by atoms with Crippen molar-refractivity contribution in [3.8, 4) is 0 Å².